The maximum Gasteiger partial charge on any atom is 0.0340 e. The van der Waals surface area contributed by atoms with Crippen LogP contribution in [0.4, 0.5) is 0 Å². The van der Waals surface area contributed by atoms with E-state index in [0.717, 1.165) is 13.0 Å². The van der Waals surface area contributed by atoms with Crippen LogP contribution in [0.2, 0.25) is 0 Å². The third-order valence-corrected chi connectivity index (χ3v) is 3.28. The van der Waals surface area contributed by atoms with Gasteiger partial charge in [-0.15, -0.1) is 0 Å². The Labute approximate surface area is 105 Å². The molecular weight excluding hydrogens is 214 g/mol. The summed E-state index contributed by atoms with van der Waals surface area (Å²) in [6.07, 6.45) is 10.0. The fourth-order valence-corrected chi connectivity index (χ4v) is 2.25. The first kappa shape index (κ1) is 13.4. The molecule has 0 aromatic rings. The van der Waals surface area contributed by atoms with Gasteiger partial charge >= 0.3 is 0 Å². The first-order chi connectivity index (χ1) is 7.56. The Morgan fingerprint density at radius 1 is 1.50 bits per heavy atom. The van der Waals surface area contributed by atoms with Gasteiger partial charge in [-0.1, -0.05) is 57.9 Å². The van der Waals surface area contributed by atoms with Gasteiger partial charge in [-0.3, -0.25) is 0 Å². The predicted molar refractivity (Wildman–Crippen MR) is 75.3 cm³/mol. The Balaban J connectivity index is 2.74. The second-order valence-electron chi connectivity index (χ2n) is 4.65. The zero-order valence-corrected chi connectivity index (χ0v) is 11.7. The van der Waals surface area contributed by atoms with Crippen LogP contribution in [0.5, 0.6) is 0 Å². The highest BCUT2D eigenvalue weighted by atomic mass is 32.1. The fraction of sp³-hybridized carbons (Fsp3) is 0.571. The minimum absolute atomic E-state index is 0.500. The molecule has 1 aliphatic carbocycles. The van der Waals surface area contributed by atoms with Gasteiger partial charge < -0.3 is 4.31 Å². The summed E-state index contributed by atoms with van der Waals surface area (Å²) in [5, 5.41) is 0. The van der Waals surface area contributed by atoms with Crippen LogP contribution < -0.4 is 0 Å². The lowest BCUT2D eigenvalue weighted by Gasteiger charge is -2.22. The molecule has 0 saturated heterocycles. The van der Waals surface area contributed by atoms with Gasteiger partial charge in [0.2, 0.25) is 0 Å². The lowest BCUT2D eigenvalue weighted by Crippen LogP contribution is -2.15. The molecule has 0 aromatic carbocycles. The van der Waals surface area contributed by atoms with Crippen molar-refractivity contribution >= 4 is 12.8 Å². The van der Waals surface area contributed by atoms with Crippen LogP contribution in [-0.4, -0.2) is 10.8 Å². The number of rotatable bonds is 5. The lowest BCUT2D eigenvalue weighted by atomic mass is 10.1. The van der Waals surface area contributed by atoms with Gasteiger partial charge in [0.05, 0.1) is 0 Å². The molecule has 0 bridgehead atoms. The van der Waals surface area contributed by atoms with Gasteiger partial charge in [0.25, 0.3) is 0 Å². The van der Waals surface area contributed by atoms with E-state index in [0.29, 0.717) is 11.8 Å². The Bertz CT molecular complexity index is 313. The maximum atomic E-state index is 4.52. The molecule has 1 nitrogen and oxygen atoms in total. The van der Waals surface area contributed by atoms with Crippen LogP contribution >= 0.6 is 12.8 Å². The number of allylic oxidation sites excluding steroid dienone is 5. The van der Waals surface area contributed by atoms with Gasteiger partial charge in [-0.2, -0.15) is 0 Å². The molecule has 1 unspecified atom stereocenters. The highest BCUT2D eigenvalue weighted by Crippen LogP contribution is 2.31. The van der Waals surface area contributed by atoms with Crippen molar-refractivity contribution in [3.63, 3.8) is 0 Å². The molecule has 1 rings (SSSR count). The van der Waals surface area contributed by atoms with Crippen molar-refractivity contribution in [1.29, 1.82) is 0 Å². The number of hydrogen-bond donors (Lipinski definition) is 1. The highest BCUT2D eigenvalue weighted by Gasteiger charge is 2.18. The molecule has 0 heterocycles. The van der Waals surface area contributed by atoms with E-state index in [2.05, 4.69) is 69.1 Å². The Kier molecular flexibility index (Phi) is 5.20. The van der Waals surface area contributed by atoms with Crippen molar-refractivity contribution in [2.75, 3.05) is 6.54 Å². The molecule has 0 N–H and O–H groups in total. The van der Waals surface area contributed by atoms with Crippen molar-refractivity contribution in [1.82, 2.24) is 4.31 Å². The molecule has 2 heteroatoms. The third-order valence-electron chi connectivity index (χ3n) is 2.78. The summed E-state index contributed by atoms with van der Waals surface area (Å²) in [7, 11) is 0. The maximum absolute atomic E-state index is 4.52. The van der Waals surface area contributed by atoms with Crippen LogP contribution in [0.1, 0.15) is 34.1 Å². The highest BCUT2D eigenvalue weighted by molar-refractivity contribution is 7.77. The summed E-state index contributed by atoms with van der Waals surface area (Å²) in [6.45, 7) is 9.71. The Morgan fingerprint density at radius 2 is 2.19 bits per heavy atom. The standard InChI is InChI=1S/C14H23NS/c1-5-15(16)14-12(4)9-10-13(14)8-6-7-11(2)3/h6-7,9-12,16H,5,8H2,1-4H3/b7-6-. The zero-order chi connectivity index (χ0) is 12.1. The van der Waals surface area contributed by atoms with Crippen LogP contribution in [0, 0.1) is 11.8 Å². The summed E-state index contributed by atoms with van der Waals surface area (Å²) in [4.78, 5) is 0. The topological polar surface area (TPSA) is 3.24 Å². The summed E-state index contributed by atoms with van der Waals surface area (Å²) in [6, 6.07) is 0. The quantitative estimate of drug-likeness (QED) is 0.553. The van der Waals surface area contributed by atoms with E-state index in [1.54, 1.807) is 0 Å². The molecule has 0 amide bonds. The predicted octanol–water partition coefficient (Wildman–Crippen LogP) is 4.22. The zero-order valence-electron chi connectivity index (χ0n) is 10.8. The number of hydrogen-bond acceptors (Lipinski definition) is 2. The lowest BCUT2D eigenvalue weighted by molar-refractivity contribution is 0.548. The number of thiol groups is 1. The summed E-state index contributed by atoms with van der Waals surface area (Å²) >= 11 is 4.52. The molecule has 0 saturated carbocycles. The average molecular weight is 237 g/mol. The minimum atomic E-state index is 0.500. The minimum Gasteiger partial charge on any atom is -0.322 e. The summed E-state index contributed by atoms with van der Waals surface area (Å²) in [5.74, 6) is 1.13. The van der Waals surface area contributed by atoms with E-state index in [1.165, 1.54) is 11.3 Å². The molecule has 0 spiro atoms. The van der Waals surface area contributed by atoms with Crippen molar-refractivity contribution < 1.29 is 0 Å². The first-order valence-electron chi connectivity index (χ1n) is 6.10. The van der Waals surface area contributed by atoms with E-state index in [1.807, 2.05) is 0 Å². The normalized spacial score (nSPS) is 20.5. The summed E-state index contributed by atoms with van der Waals surface area (Å²) < 4.78 is 2.06. The van der Waals surface area contributed by atoms with Gasteiger partial charge in [0, 0.05) is 18.2 Å². The largest absolute Gasteiger partial charge is 0.322 e. The Morgan fingerprint density at radius 3 is 2.75 bits per heavy atom. The van der Waals surface area contributed by atoms with E-state index < -0.39 is 0 Å². The monoisotopic (exact) mass is 237 g/mol. The molecule has 90 valence electrons. The first-order valence-corrected chi connectivity index (χ1v) is 6.50. The molecule has 16 heavy (non-hydrogen) atoms. The average Bonchev–Trinajstić information content (AvgIpc) is 2.58. The molecule has 0 aliphatic heterocycles. The van der Waals surface area contributed by atoms with Gasteiger partial charge in [0.1, 0.15) is 0 Å². The van der Waals surface area contributed by atoms with Crippen LogP contribution in [0.25, 0.3) is 0 Å². The molecule has 1 aliphatic rings. The smallest absolute Gasteiger partial charge is 0.0340 e. The molecule has 1 atom stereocenters. The third kappa shape index (κ3) is 3.44. The van der Waals surface area contributed by atoms with Crippen molar-refractivity contribution in [2.24, 2.45) is 11.8 Å². The molecule has 0 radical (unpaired) electrons. The van der Waals surface area contributed by atoms with Crippen molar-refractivity contribution in [3.8, 4) is 0 Å². The molecule has 0 fully saturated rings. The van der Waals surface area contributed by atoms with Gasteiger partial charge in [-0.25, -0.2) is 0 Å². The SMILES string of the molecule is CCN(S)C1=C(C/C=C\C(C)C)C=CC1C. The van der Waals surface area contributed by atoms with E-state index in [-0.39, 0.29) is 0 Å². The fourth-order valence-electron chi connectivity index (χ4n) is 1.94. The van der Waals surface area contributed by atoms with E-state index in [4.69, 9.17) is 0 Å². The Hall–Kier alpha value is -0.630. The van der Waals surface area contributed by atoms with Gasteiger partial charge in [-0.05, 0) is 24.8 Å². The van der Waals surface area contributed by atoms with Crippen LogP contribution in [0.3, 0.4) is 0 Å². The molecule has 0 aromatic heterocycles. The second kappa shape index (κ2) is 6.19. The summed E-state index contributed by atoms with van der Waals surface area (Å²) in [5.41, 5.74) is 2.76. The second-order valence-corrected chi connectivity index (χ2v) is 5.13. The van der Waals surface area contributed by atoms with Crippen molar-refractivity contribution in [2.45, 2.75) is 34.1 Å². The van der Waals surface area contributed by atoms with Crippen molar-refractivity contribution in [3.05, 3.63) is 35.6 Å². The van der Waals surface area contributed by atoms with Crippen LogP contribution in [-0.2, 0) is 0 Å². The van der Waals surface area contributed by atoms with E-state index >= 15 is 0 Å². The van der Waals surface area contributed by atoms with Crippen LogP contribution in [0.15, 0.2) is 35.6 Å². The van der Waals surface area contributed by atoms with E-state index in [9.17, 15) is 0 Å². The van der Waals surface area contributed by atoms with Gasteiger partial charge in [0.15, 0.2) is 0 Å². The molecular formula is C14H23NS. The number of nitrogens with zero attached hydrogens (tertiary/aromatic N) is 1.